The average Bonchev–Trinajstić information content (AvgIpc) is 3.21. The van der Waals surface area contributed by atoms with E-state index in [-0.39, 0.29) is 5.91 Å². The monoisotopic (exact) mass is 381 g/mol. The van der Waals surface area contributed by atoms with Gasteiger partial charge in [0.05, 0.1) is 26.8 Å². The highest BCUT2D eigenvalue weighted by atomic mass is 32.1. The van der Waals surface area contributed by atoms with Gasteiger partial charge in [-0.2, -0.15) is 0 Å². The Morgan fingerprint density at radius 2 is 1.78 bits per heavy atom. The van der Waals surface area contributed by atoms with Crippen molar-refractivity contribution in [3.8, 4) is 11.5 Å². The predicted molar refractivity (Wildman–Crippen MR) is 109 cm³/mol. The van der Waals surface area contributed by atoms with Gasteiger partial charge in [0.15, 0.2) is 0 Å². The second-order valence-corrected chi connectivity index (χ2v) is 7.04. The van der Waals surface area contributed by atoms with Crippen LogP contribution in [-0.4, -0.2) is 24.5 Å². The summed E-state index contributed by atoms with van der Waals surface area (Å²) >= 11 is 1.65. The van der Waals surface area contributed by atoms with E-state index in [1.807, 2.05) is 77.9 Å². The minimum Gasteiger partial charge on any atom is -0.496 e. The van der Waals surface area contributed by atoms with Gasteiger partial charge in [-0.25, -0.2) is 0 Å². The van der Waals surface area contributed by atoms with Crippen LogP contribution in [0.1, 0.15) is 27.7 Å². The SMILES string of the molecule is CCOc1ccc(C(=O)N(Cc2cccs2)Cc2ccccc2OC)cc1. The summed E-state index contributed by atoms with van der Waals surface area (Å²) in [7, 11) is 1.65. The van der Waals surface area contributed by atoms with Gasteiger partial charge in [-0.05, 0) is 48.7 Å². The highest BCUT2D eigenvalue weighted by molar-refractivity contribution is 7.09. The lowest BCUT2D eigenvalue weighted by atomic mass is 10.1. The van der Waals surface area contributed by atoms with E-state index in [1.165, 1.54) is 0 Å². The van der Waals surface area contributed by atoms with Crippen molar-refractivity contribution in [1.82, 2.24) is 4.90 Å². The number of hydrogen-bond donors (Lipinski definition) is 0. The molecule has 0 aliphatic carbocycles. The molecule has 0 radical (unpaired) electrons. The lowest BCUT2D eigenvalue weighted by molar-refractivity contribution is 0.0730. The van der Waals surface area contributed by atoms with Crippen LogP contribution in [0.2, 0.25) is 0 Å². The van der Waals surface area contributed by atoms with Gasteiger partial charge >= 0.3 is 0 Å². The molecule has 0 aliphatic heterocycles. The van der Waals surface area contributed by atoms with Crippen molar-refractivity contribution in [2.75, 3.05) is 13.7 Å². The van der Waals surface area contributed by atoms with E-state index < -0.39 is 0 Å². The molecule has 1 heterocycles. The molecule has 0 unspecified atom stereocenters. The van der Waals surface area contributed by atoms with E-state index in [1.54, 1.807) is 18.4 Å². The van der Waals surface area contributed by atoms with Crippen LogP contribution in [0, 0.1) is 0 Å². The van der Waals surface area contributed by atoms with Crippen LogP contribution >= 0.6 is 11.3 Å². The number of hydrogen-bond acceptors (Lipinski definition) is 4. The number of rotatable bonds is 8. The average molecular weight is 381 g/mol. The van der Waals surface area contributed by atoms with Crippen LogP contribution < -0.4 is 9.47 Å². The first-order valence-electron chi connectivity index (χ1n) is 8.87. The summed E-state index contributed by atoms with van der Waals surface area (Å²) in [4.78, 5) is 16.2. The third-order valence-electron chi connectivity index (χ3n) is 4.18. The van der Waals surface area contributed by atoms with Crippen LogP contribution in [0.5, 0.6) is 11.5 Å². The summed E-state index contributed by atoms with van der Waals surface area (Å²) in [6, 6.07) is 19.2. The van der Waals surface area contributed by atoms with Gasteiger partial charge in [-0.3, -0.25) is 4.79 Å². The van der Waals surface area contributed by atoms with E-state index in [9.17, 15) is 4.79 Å². The Bertz CT molecular complexity index is 860. The van der Waals surface area contributed by atoms with E-state index in [0.29, 0.717) is 25.3 Å². The number of amides is 1. The van der Waals surface area contributed by atoms with E-state index in [4.69, 9.17) is 9.47 Å². The van der Waals surface area contributed by atoms with E-state index in [2.05, 4.69) is 0 Å². The molecular formula is C22H23NO3S. The molecule has 0 aliphatic rings. The van der Waals surface area contributed by atoms with Gasteiger partial charge in [0, 0.05) is 16.0 Å². The van der Waals surface area contributed by atoms with Crippen molar-refractivity contribution < 1.29 is 14.3 Å². The molecule has 0 saturated carbocycles. The van der Waals surface area contributed by atoms with Crippen LogP contribution in [-0.2, 0) is 13.1 Å². The Labute approximate surface area is 164 Å². The molecule has 1 aromatic heterocycles. The molecule has 0 saturated heterocycles. The van der Waals surface area contributed by atoms with Crippen molar-refractivity contribution >= 4 is 17.2 Å². The fourth-order valence-corrected chi connectivity index (χ4v) is 3.59. The third-order valence-corrected chi connectivity index (χ3v) is 5.04. The van der Waals surface area contributed by atoms with Crippen molar-refractivity contribution in [3.63, 3.8) is 0 Å². The van der Waals surface area contributed by atoms with Crippen LogP contribution in [0.25, 0.3) is 0 Å². The molecule has 0 atom stereocenters. The number of carbonyl (C=O) groups is 1. The zero-order chi connectivity index (χ0) is 19.1. The zero-order valence-corrected chi connectivity index (χ0v) is 16.4. The standard InChI is InChI=1S/C22H23NO3S/c1-3-26-19-12-10-17(11-13-19)22(24)23(16-20-8-6-14-27-20)15-18-7-4-5-9-21(18)25-2/h4-14H,3,15-16H2,1-2H3. The largest absolute Gasteiger partial charge is 0.496 e. The Balaban J connectivity index is 1.85. The van der Waals surface area contributed by atoms with E-state index in [0.717, 1.165) is 21.9 Å². The third kappa shape index (κ3) is 4.89. The topological polar surface area (TPSA) is 38.8 Å². The van der Waals surface area contributed by atoms with Crippen LogP contribution in [0.3, 0.4) is 0 Å². The zero-order valence-electron chi connectivity index (χ0n) is 15.6. The first kappa shape index (κ1) is 19.0. The van der Waals surface area contributed by atoms with Gasteiger partial charge in [-0.1, -0.05) is 24.3 Å². The predicted octanol–water partition coefficient (Wildman–Crippen LogP) is 5.00. The normalized spacial score (nSPS) is 10.4. The summed E-state index contributed by atoms with van der Waals surface area (Å²) in [5, 5.41) is 2.03. The number of thiophene rings is 1. The Morgan fingerprint density at radius 1 is 1.00 bits per heavy atom. The first-order chi connectivity index (χ1) is 13.2. The molecule has 27 heavy (non-hydrogen) atoms. The molecule has 5 heteroatoms. The second kappa shape index (κ2) is 9.24. The maximum atomic E-state index is 13.2. The number of benzene rings is 2. The maximum absolute atomic E-state index is 13.2. The van der Waals surface area contributed by atoms with Crippen LogP contribution in [0.4, 0.5) is 0 Å². The van der Waals surface area contributed by atoms with Crippen molar-refractivity contribution in [2.45, 2.75) is 20.0 Å². The van der Waals surface area contributed by atoms with Gasteiger partial charge in [0.2, 0.25) is 0 Å². The number of nitrogens with zero attached hydrogens (tertiary/aromatic N) is 1. The minimum absolute atomic E-state index is 0.0163. The van der Waals surface area contributed by atoms with Gasteiger partial charge < -0.3 is 14.4 Å². The van der Waals surface area contributed by atoms with Crippen LogP contribution in [0.15, 0.2) is 66.0 Å². The van der Waals surface area contributed by atoms with Gasteiger partial charge in [0.25, 0.3) is 5.91 Å². The van der Waals surface area contributed by atoms with Crippen molar-refractivity contribution in [1.29, 1.82) is 0 Å². The molecule has 3 aromatic rings. The molecule has 3 rings (SSSR count). The smallest absolute Gasteiger partial charge is 0.254 e. The number of ether oxygens (including phenoxy) is 2. The molecule has 4 nitrogen and oxygen atoms in total. The summed E-state index contributed by atoms with van der Waals surface area (Å²) in [6.45, 7) is 3.58. The fourth-order valence-electron chi connectivity index (χ4n) is 2.87. The summed E-state index contributed by atoms with van der Waals surface area (Å²) in [5.74, 6) is 1.54. The summed E-state index contributed by atoms with van der Waals surface area (Å²) in [6.07, 6.45) is 0. The molecule has 0 N–H and O–H groups in total. The molecule has 0 bridgehead atoms. The highest BCUT2D eigenvalue weighted by Gasteiger charge is 2.19. The fraction of sp³-hybridized carbons (Fsp3) is 0.227. The Morgan fingerprint density at radius 3 is 2.44 bits per heavy atom. The molecule has 0 fully saturated rings. The maximum Gasteiger partial charge on any atom is 0.254 e. The summed E-state index contributed by atoms with van der Waals surface area (Å²) in [5.41, 5.74) is 1.63. The first-order valence-corrected chi connectivity index (χ1v) is 9.75. The molecule has 1 amide bonds. The molecule has 140 valence electrons. The number of carbonyl (C=O) groups excluding carboxylic acids is 1. The van der Waals surface area contributed by atoms with Crippen molar-refractivity contribution in [2.24, 2.45) is 0 Å². The van der Waals surface area contributed by atoms with E-state index >= 15 is 0 Å². The highest BCUT2D eigenvalue weighted by Crippen LogP contribution is 2.23. The molecule has 2 aromatic carbocycles. The van der Waals surface area contributed by atoms with Gasteiger partial charge in [-0.15, -0.1) is 11.3 Å². The van der Waals surface area contributed by atoms with Gasteiger partial charge in [0.1, 0.15) is 11.5 Å². The second-order valence-electron chi connectivity index (χ2n) is 6.01. The number of para-hydroxylation sites is 1. The Kier molecular flexibility index (Phi) is 6.49. The summed E-state index contributed by atoms with van der Waals surface area (Å²) < 4.78 is 10.9. The molecular weight excluding hydrogens is 358 g/mol. The lowest BCUT2D eigenvalue weighted by Crippen LogP contribution is -2.30. The molecule has 0 spiro atoms. The lowest BCUT2D eigenvalue weighted by Gasteiger charge is -2.23. The minimum atomic E-state index is -0.0163. The quantitative estimate of drug-likeness (QED) is 0.551. The number of methoxy groups -OCH3 is 1. The Hall–Kier alpha value is -2.79. The van der Waals surface area contributed by atoms with Crippen molar-refractivity contribution in [3.05, 3.63) is 82.0 Å².